The van der Waals surface area contributed by atoms with Gasteiger partial charge in [-0.3, -0.25) is 4.79 Å². The van der Waals surface area contributed by atoms with Gasteiger partial charge >= 0.3 is 0 Å². The van der Waals surface area contributed by atoms with Crippen molar-refractivity contribution in [3.63, 3.8) is 0 Å². The molecule has 0 radical (unpaired) electrons. The summed E-state index contributed by atoms with van der Waals surface area (Å²) in [5, 5.41) is 2.85. The van der Waals surface area contributed by atoms with Gasteiger partial charge in [0.25, 0.3) is 0 Å². The van der Waals surface area contributed by atoms with Gasteiger partial charge in [-0.15, -0.1) is 0 Å². The predicted octanol–water partition coefficient (Wildman–Crippen LogP) is 4.20. The van der Waals surface area contributed by atoms with Gasteiger partial charge in [0.15, 0.2) is 0 Å². The standard InChI is InChI=1S/C21H23NO3/c1-16-7-9-17(10-8-16)11-12-21(23)22-18-4-2-5-19(14-18)25-15-20-6-3-13-24-20/h2,4-5,7-12,14,20H,3,6,13,15H2,1H3,(H,22,23)/b12-11+. The van der Waals surface area contributed by atoms with Crippen LogP contribution in [-0.4, -0.2) is 25.2 Å². The molecular formula is C21H23NO3. The van der Waals surface area contributed by atoms with E-state index in [4.69, 9.17) is 9.47 Å². The largest absolute Gasteiger partial charge is 0.491 e. The number of ether oxygens (including phenoxy) is 2. The highest BCUT2D eigenvalue weighted by molar-refractivity contribution is 6.02. The predicted molar refractivity (Wildman–Crippen MR) is 99.8 cm³/mol. The van der Waals surface area contributed by atoms with Crippen LogP contribution in [-0.2, 0) is 9.53 Å². The first-order valence-corrected chi connectivity index (χ1v) is 8.59. The summed E-state index contributed by atoms with van der Waals surface area (Å²) in [6, 6.07) is 15.4. The van der Waals surface area contributed by atoms with Crippen LogP contribution < -0.4 is 10.1 Å². The lowest BCUT2D eigenvalue weighted by molar-refractivity contribution is -0.111. The van der Waals surface area contributed by atoms with E-state index in [9.17, 15) is 4.79 Å². The third-order valence-corrected chi connectivity index (χ3v) is 4.07. The van der Waals surface area contributed by atoms with Crippen LogP contribution in [0.4, 0.5) is 5.69 Å². The zero-order valence-electron chi connectivity index (χ0n) is 14.4. The summed E-state index contributed by atoms with van der Waals surface area (Å²) >= 11 is 0. The lowest BCUT2D eigenvalue weighted by Gasteiger charge is -2.12. The minimum absolute atomic E-state index is 0.170. The van der Waals surface area contributed by atoms with Gasteiger partial charge in [-0.1, -0.05) is 35.9 Å². The van der Waals surface area contributed by atoms with Crippen LogP contribution >= 0.6 is 0 Å². The van der Waals surface area contributed by atoms with E-state index < -0.39 is 0 Å². The SMILES string of the molecule is Cc1ccc(/C=C/C(=O)Nc2cccc(OCC3CCCO3)c2)cc1. The zero-order valence-corrected chi connectivity index (χ0v) is 14.4. The monoisotopic (exact) mass is 337 g/mol. The molecule has 2 aromatic carbocycles. The summed E-state index contributed by atoms with van der Waals surface area (Å²) in [6.07, 6.45) is 5.64. The average molecular weight is 337 g/mol. The number of benzene rings is 2. The summed E-state index contributed by atoms with van der Waals surface area (Å²) in [5.41, 5.74) is 2.90. The molecule has 4 heteroatoms. The molecule has 1 amide bonds. The first-order chi connectivity index (χ1) is 12.2. The Morgan fingerprint density at radius 1 is 1.28 bits per heavy atom. The summed E-state index contributed by atoms with van der Waals surface area (Å²) in [5.74, 6) is 0.563. The molecule has 4 nitrogen and oxygen atoms in total. The molecule has 3 rings (SSSR count). The van der Waals surface area contributed by atoms with Crippen molar-refractivity contribution in [1.82, 2.24) is 0 Å². The average Bonchev–Trinajstić information content (AvgIpc) is 3.13. The second-order valence-electron chi connectivity index (χ2n) is 6.21. The number of carbonyl (C=O) groups is 1. The van der Waals surface area contributed by atoms with Crippen LogP contribution in [0.3, 0.4) is 0 Å². The van der Waals surface area contributed by atoms with Gasteiger partial charge in [-0.25, -0.2) is 0 Å². The maximum atomic E-state index is 12.1. The Labute approximate surface area is 148 Å². The molecule has 1 heterocycles. The lowest BCUT2D eigenvalue weighted by atomic mass is 10.1. The van der Waals surface area contributed by atoms with Crippen molar-refractivity contribution in [2.24, 2.45) is 0 Å². The number of rotatable bonds is 6. The molecule has 1 unspecified atom stereocenters. The van der Waals surface area contributed by atoms with Crippen molar-refractivity contribution in [1.29, 1.82) is 0 Å². The van der Waals surface area contributed by atoms with Crippen molar-refractivity contribution in [2.75, 3.05) is 18.5 Å². The number of amides is 1. The quantitative estimate of drug-likeness (QED) is 0.804. The second-order valence-corrected chi connectivity index (χ2v) is 6.21. The number of hydrogen-bond acceptors (Lipinski definition) is 3. The van der Waals surface area contributed by atoms with Crippen LogP contribution in [0, 0.1) is 6.92 Å². The Morgan fingerprint density at radius 3 is 2.88 bits per heavy atom. The molecule has 25 heavy (non-hydrogen) atoms. The molecular weight excluding hydrogens is 314 g/mol. The van der Waals surface area contributed by atoms with E-state index in [0.29, 0.717) is 12.3 Å². The van der Waals surface area contributed by atoms with Gasteiger partial charge in [-0.2, -0.15) is 0 Å². The van der Waals surface area contributed by atoms with Gasteiger partial charge in [0.1, 0.15) is 12.4 Å². The van der Waals surface area contributed by atoms with Crippen LogP contribution in [0.25, 0.3) is 6.08 Å². The van der Waals surface area contributed by atoms with Crippen molar-refractivity contribution in [2.45, 2.75) is 25.9 Å². The van der Waals surface area contributed by atoms with Gasteiger partial charge in [-0.05, 0) is 43.5 Å². The molecule has 1 atom stereocenters. The molecule has 130 valence electrons. The van der Waals surface area contributed by atoms with E-state index in [2.05, 4.69) is 5.32 Å². The molecule has 0 bridgehead atoms. The Morgan fingerprint density at radius 2 is 2.12 bits per heavy atom. The van der Waals surface area contributed by atoms with Crippen molar-refractivity contribution >= 4 is 17.7 Å². The number of aryl methyl sites for hydroxylation is 1. The topological polar surface area (TPSA) is 47.6 Å². The Kier molecular flexibility index (Phi) is 5.86. The van der Waals surface area contributed by atoms with Crippen LogP contribution in [0.15, 0.2) is 54.6 Å². The zero-order chi connectivity index (χ0) is 17.5. The lowest BCUT2D eigenvalue weighted by Crippen LogP contribution is -2.16. The van der Waals surface area contributed by atoms with E-state index in [1.54, 1.807) is 6.08 Å². The molecule has 1 fully saturated rings. The van der Waals surface area contributed by atoms with Crippen LogP contribution in [0.5, 0.6) is 5.75 Å². The Balaban J connectivity index is 1.53. The fourth-order valence-electron chi connectivity index (χ4n) is 2.66. The fourth-order valence-corrected chi connectivity index (χ4v) is 2.66. The van der Waals surface area contributed by atoms with Gasteiger partial charge in [0, 0.05) is 24.4 Å². The fraction of sp³-hybridized carbons (Fsp3) is 0.286. The second kappa shape index (κ2) is 8.49. The maximum Gasteiger partial charge on any atom is 0.248 e. The molecule has 2 aromatic rings. The molecule has 0 aromatic heterocycles. The Hall–Kier alpha value is -2.59. The third-order valence-electron chi connectivity index (χ3n) is 4.07. The number of carbonyl (C=O) groups excluding carboxylic acids is 1. The van der Waals surface area contributed by atoms with Gasteiger partial charge < -0.3 is 14.8 Å². The number of hydrogen-bond donors (Lipinski definition) is 1. The molecule has 1 saturated heterocycles. The van der Waals surface area contributed by atoms with Crippen molar-refractivity contribution in [3.05, 3.63) is 65.7 Å². The summed E-state index contributed by atoms with van der Waals surface area (Å²) < 4.78 is 11.3. The summed E-state index contributed by atoms with van der Waals surface area (Å²) in [6.45, 7) is 3.40. The molecule has 0 aliphatic carbocycles. The molecule has 0 spiro atoms. The van der Waals surface area contributed by atoms with Gasteiger partial charge in [0.05, 0.1) is 6.10 Å². The molecule has 1 aliphatic heterocycles. The maximum absolute atomic E-state index is 12.1. The first-order valence-electron chi connectivity index (χ1n) is 8.59. The third kappa shape index (κ3) is 5.47. The molecule has 1 aliphatic rings. The highest BCUT2D eigenvalue weighted by Crippen LogP contribution is 2.19. The van der Waals surface area contributed by atoms with Crippen molar-refractivity contribution < 1.29 is 14.3 Å². The van der Waals surface area contributed by atoms with E-state index in [-0.39, 0.29) is 12.0 Å². The minimum Gasteiger partial charge on any atom is -0.491 e. The van der Waals surface area contributed by atoms with Gasteiger partial charge in [0.2, 0.25) is 5.91 Å². The van der Waals surface area contributed by atoms with Crippen LogP contribution in [0.1, 0.15) is 24.0 Å². The minimum atomic E-state index is -0.170. The number of nitrogens with one attached hydrogen (secondary N) is 1. The smallest absolute Gasteiger partial charge is 0.248 e. The van der Waals surface area contributed by atoms with E-state index in [0.717, 1.165) is 30.8 Å². The highest BCUT2D eigenvalue weighted by atomic mass is 16.5. The van der Waals surface area contributed by atoms with E-state index in [1.807, 2.05) is 55.5 Å². The van der Waals surface area contributed by atoms with E-state index in [1.165, 1.54) is 11.6 Å². The summed E-state index contributed by atoms with van der Waals surface area (Å²) in [4.78, 5) is 12.1. The molecule has 0 saturated carbocycles. The normalized spacial score (nSPS) is 16.9. The molecule has 1 N–H and O–H groups in total. The van der Waals surface area contributed by atoms with E-state index >= 15 is 0 Å². The summed E-state index contributed by atoms with van der Waals surface area (Å²) in [7, 11) is 0. The Bertz CT molecular complexity index is 731. The highest BCUT2D eigenvalue weighted by Gasteiger charge is 2.15. The van der Waals surface area contributed by atoms with Crippen LogP contribution in [0.2, 0.25) is 0 Å². The number of anilines is 1. The first kappa shape index (κ1) is 17.2. The van der Waals surface area contributed by atoms with Crippen molar-refractivity contribution in [3.8, 4) is 5.75 Å².